The molecule has 6 nitrogen and oxygen atoms in total. The highest BCUT2D eigenvalue weighted by atomic mass is 32.1. The summed E-state index contributed by atoms with van der Waals surface area (Å²) < 4.78 is 2.01. The Bertz CT molecular complexity index is 830. The van der Waals surface area contributed by atoms with E-state index in [1.165, 1.54) is 0 Å². The maximum Gasteiger partial charge on any atom is 0.255 e. The van der Waals surface area contributed by atoms with Crippen LogP contribution in [0.15, 0.2) is 53.5 Å². The van der Waals surface area contributed by atoms with E-state index >= 15 is 0 Å². The van der Waals surface area contributed by atoms with Crippen molar-refractivity contribution in [3.8, 4) is 0 Å². The molecule has 0 saturated carbocycles. The predicted molar refractivity (Wildman–Crippen MR) is 97.5 cm³/mol. The summed E-state index contributed by atoms with van der Waals surface area (Å²) in [6.45, 7) is 2.81. The van der Waals surface area contributed by atoms with Gasteiger partial charge in [-0.25, -0.2) is 4.98 Å². The molecule has 4 rings (SSSR count). The fourth-order valence-electron chi connectivity index (χ4n) is 3.10. The first-order valence-corrected chi connectivity index (χ1v) is 9.21. The molecular formula is C18H19N5OS. The van der Waals surface area contributed by atoms with E-state index in [-0.39, 0.29) is 11.8 Å². The molecule has 3 aromatic rings. The molecule has 7 heteroatoms. The molecule has 0 saturated heterocycles. The lowest BCUT2D eigenvalue weighted by Gasteiger charge is -2.24. The summed E-state index contributed by atoms with van der Waals surface area (Å²) in [5.41, 5.74) is 1.83. The van der Waals surface area contributed by atoms with Crippen LogP contribution in [0.25, 0.3) is 0 Å². The summed E-state index contributed by atoms with van der Waals surface area (Å²) in [4.78, 5) is 19.1. The minimum atomic E-state index is 0.0822. The highest BCUT2D eigenvalue weighted by molar-refractivity contribution is 7.08. The number of hydrogen-bond acceptors (Lipinski definition) is 5. The monoisotopic (exact) mass is 353 g/mol. The Hall–Kier alpha value is -2.67. The molecule has 1 atom stereocenters. The molecule has 0 fully saturated rings. The van der Waals surface area contributed by atoms with Crippen LogP contribution in [-0.2, 0) is 13.1 Å². The Labute approximate surface area is 150 Å². The molecular weight excluding hydrogens is 334 g/mol. The lowest BCUT2D eigenvalue weighted by molar-refractivity contribution is 0.0725. The van der Waals surface area contributed by atoms with Gasteiger partial charge < -0.3 is 10.2 Å². The number of fused-ring (bicyclic) bond motifs is 1. The Morgan fingerprint density at radius 3 is 3.00 bits per heavy atom. The van der Waals surface area contributed by atoms with Gasteiger partial charge in [0.2, 0.25) is 0 Å². The van der Waals surface area contributed by atoms with Crippen molar-refractivity contribution in [3.05, 3.63) is 64.7 Å². The summed E-state index contributed by atoms with van der Waals surface area (Å²) in [7, 11) is 0. The number of pyridine rings is 1. The molecule has 128 valence electrons. The number of anilines is 1. The van der Waals surface area contributed by atoms with Gasteiger partial charge in [-0.1, -0.05) is 6.07 Å². The molecule has 0 radical (unpaired) electrons. The van der Waals surface area contributed by atoms with Crippen LogP contribution < -0.4 is 5.32 Å². The first-order chi connectivity index (χ1) is 12.3. The highest BCUT2D eigenvalue weighted by Crippen LogP contribution is 2.19. The smallest absolute Gasteiger partial charge is 0.255 e. The fourth-order valence-corrected chi connectivity index (χ4v) is 3.73. The van der Waals surface area contributed by atoms with Crippen molar-refractivity contribution in [1.82, 2.24) is 19.7 Å². The standard InChI is InChI=1S/C18H19N5OS/c24-18(15-5-8-25-13-15)22-10-14(9-20-17-3-1-2-6-19-17)11-23-16(12-22)4-7-21-23/h1-8,13-14H,9-12H2,(H,19,20)/t14-/m0/s1. The summed E-state index contributed by atoms with van der Waals surface area (Å²) >= 11 is 1.55. The second-order valence-electron chi connectivity index (χ2n) is 6.16. The van der Waals surface area contributed by atoms with Crippen LogP contribution in [0.1, 0.15) is 16.1 Å². The van der Waals surface area contributed by atoms with Crippen molar-refractivity contribution in [2.24, 2.45) is 5.92 Å². The molecule has 1 aliphatic rings. The van der Waals surface area contributed by atoms with Gasteiger partial charge in [0.05, 0.1) is 17.8 Å². The molecule has 1 amide bonds. The lowest BCUT2D eigenvalue weighted by Crippen LogP contribution is -2.36. The van der Waals surface area contributed by atoms with Crippen molar-refractivity contribution < 1.29 is 4.79 Å². The third-order valence-electron chi connectivity index (χ3n) is 4.36. The summed E-state index contributed by atoms with van der Waals surface area (Å²) in [6, 6.07) is 9.68. The number of carbonyl (C=O) groups excluding carboxylic acids is 1. The van der Waals surface area contributed by atoms with Crippen LogP contribution in [0.3, 0.4) is 0 Å². The minimum Gasteiger partial charge on any atom is -0.370 e. The number of rotatable bonds is 4. The van der Waals surface area contributed by atoms with E-state index in [4.69, 9.17) is 0 Å². The van der Waals surface area contributed by atoms with Crippen LogP contribution >= 0.6 is 11.3 Å². The number of hydrogen-bond donors (Lipinski definition) is 1. The Morgan fingerprint density at radius 2 is 2.20 bits per heavy atom. The summed E-state index contributed by atoms with van der Waals surface area (Å²) in [6.07, 6.45) is 3.57. The van der Waals surface area contributed by atoms with Crippen LogP contribution in [0, 0.1) is 5.92 Å². The van der Waals surface area contributed by atoms with Crippen LogP contribution in [0.2, 0.25) is 0 Å². The van der Waals surface area contributed by atoms with Gasteiger partial charge in [0.15, 0.2) is 0 Å². The van der Waals surface area contributed by atoms with Gasteiger partial charge in [-0.15, -0.1) is 0 Å². The van der Waals surface area contributed by atoms with E-state index in [0.29, 0.717) is 13.1 Å². The topological polar surface area (TPSA) is 63.1 Å². The highest BCUT2D eigenvalue weighted by Gasteiger charge is 2.26. The number of aromatic nitrogens is 3. The van der Waals surface area contributed by atoms with Gasteiger partial charge in [-0.2, -0.15) is 16.4 Å². The number of nitrogens with one attached hydrogen (secondary N) is 1. The summed E-state index contributed by atoms with van der Waals surface area (Å²) in [5.74, 6) is 1.19. The van der Waals surface area contributed by atoms with Crippen molar-refractivity contribution in [3.63, 3.8) is 0 Å². The predicted octanol–water partition coefficient (Wildman–Crippen LogP) is 2.72. The molecule has 0 bridgehead atoms. The third-order valence-corrected chi connectivity index (χ3v) is 5.04. The average Bonchev–Trinajstić information content (AvgIpc) is 3.29. The maximum absolute atomic E-state index is 12.8. The average molecular weight is 353 g/mol. The molecule has 3 aromatic heterocycles. The SMILES string of the molecule is O=C(c1ccsc1)N1Cc2ccnn2C[C@@H](CNc2ccccn2)C1. The molecule has 0 aliphatic carbocycles. The number of carbonyl (C=O) groups is 1. The first-order valence-electron chi connectivity index (χ1n) is 8.26. The van der Waals surface area contributed by atoms with Gasteiger partial charge in [-0.05, 0) is 29.6 Å². The van der Waals surface area contributed by atoms with Gasteiger partial charge in [-0.3, -0.25) is 9.48 Å². The van der Waals surface area contributed by atoms with E-state index in [2.05, 4.69) is 15.4 Å². The van der Waals surface area contributed by atoms with Gasteiger partial charge >= 0.3 is 0 Å². The normalized spacial score (nSPS) is 17.0. The fraction of sp³-hybridized carbons (Fsp3) is 0.278. The molecule has 0 aromatic carbocycles. The zero-order chi connectivity index (χ0) is 17.1. The quantitative estimate of drug-likeness (QED) is 0.783. The zero-order valence-electron chi connectivity index (χ0n) is 13.7. The van der Waals surface area contributed by atoms with Gasteiger partial charge in [0.25, 0.3) is 5.91 Å². The van der Waals surface area contributed by atoms with E-state index in [1.54, 1.807) is 23.7 Å². The Balaban J connectivity index is 1.52. The largest absolute Gasteiger partial charge is 0.370 e. The second-order valence-corrected chi connectivity index (χ2v) is 6.94. The first kappa shape index (κ1) is 15.8. The van der Waals surface area contributed by atoms with E-state index in [9.17, 15) is 4.79 Å². The van der Waals surface area contributed by atoms with Gasteiger partial charge in [0, 0.05) is 43.3 Å². The summed E-state index contributed by atoms with van der Waals surface area (Å²) in [5, 5.41) is 11.6. The molecule has 1 N–H and O–H groups in total. The minimum absolute atomic E-state index is 0.0822. The second kappa shape index (κ2) is 7.06. The van der Waals surface area contributed by atoms with Crippen LogP contribution in [-0.4, -0.2) is 38.7 Å². The molecule has 0 spiro atoms. The molecule has 0 unspecified atom stereocenters. The van der Waals surface area contributed by atoms with Crippen molar-refractivity contribution in [2.75, 3.05) is 18.4 Å². The Morgan fingerprint density at radius 1 is 1.24 bits per heavy atom. The Kier molecular flexibility index (Phi) is 4.47. The number of thiophene rings is 1. The zero-order valence-corrected chi connectivity index (χ0v) is 14.5. The van der Waals surface area contributed by atoms with Gasteiger partial charge in [0.1, 0.15) is 5.82 Å². The third kappa shape index (κ3) is 3.56. The van der Waals surface area contributed by atoms with Crippen LogP contribution in [0.5, 0.6) is 0 Å². The van der Waals surface area contributed by atoms with Crippen molar-refractivity contribution in [2.45, 2.75) is 13.1 Å². The van der Waals surface area contributed by atoms with E-state index in [0.717, 1.165) is 30.2 Å². The molecule has 25 heavy (non-hydrogen) atoms. The number of nitrogens with zero attached hydrogens (tertiary/aromatic N) is 4. The number of amides is 1. The van der Waals surface area contributed by atoms with E-state index < -0.39 is 0 Å². The van der Waals surface area contributed by atoms with Crippen molar-refractivity contribution >= 4 is 23.1 Å². The van der Waals surface area contributed by atoms with E-state index in [1.807, 2.05) is 50.7 Å². The maximum atomic E-state index is 12.8. The molecule has 1 aliphatic heterocycles. The lowest BCUT2D eigenvalue weighted by atomic mass is 10.1. The van der Waals surface area contributed by atoms with Crippen LogP contribution in [0.4, 0.5) is 5.82 Å². The molecule has 4 heterocycles. The van der Waals surface area contributed by atoms with Crippen molar-refractivity contribution in [1.29, 1.82) is 0 Å².